The van der Waals surface area contributed by atoms with Gasteiger partial charge in [0.2, 0.25) is 14.1 Å². The van der Waals surface area contributed by atoms with Gasteiger partial charge in [0, 0.05) is 19.3 Å². The molecule has 0 N–H and O–H groups in total. The summed E-state index contributed by atoms with van der Waals surface area (Å²) in [5.74, 6) is 2.34. The molecule has 156 valence electrons. The van der Waals surface area contributed by atoms with Gasteiger partial charge in [0.25, 0.3) is 0 Å². The van der Waals surface area contributed by atoms with Crippen molar-refractivity contribution in [2.45, 2.75) is 83.2 Å². The molecule has 28 heavy (non-hydrogen) atoms. The molecule has 5 heteroatoms. The Morgan fingerprint density at radius 3 is 2.18 bits per heavy atom. The monoisotopic (exact) mass is 404 g/mol. The topological polar surface area (TPSA) is 36.9 Å². The van der Waals surface area contributed by atoms with Crippen molar-refractivity contribution < 1.29 is 18.6 Å². The molecule has 1 saturated carbocycles. The quantitative estimate of drug-likeness (QED) is 0.485. The van der Waals surface area contributed by atoms with Gasteiger partial charge >= 0.3 is 0 Å². The highest BCUT2D eigenvalue weighted by molar-refractivity contribution is 6.73. The third-order valence-corrected chi connectivity index (χ3v) is 11.0. The number of rotatable bonds is 8. The number of methoxy groups -OCH3 is 1. The fraction of sp³-hybridized carbons (Fsp3) is 0.652. The molecule has 1 heterocycles. The second-order valence-electron chi connectivity index (χ2n) is 8.08. The zero-order valence-corrected chi connectivity index (χ0v) is 19.0. The van der Waals surface area contributed by atoms with E-state index >= 15 is 0 Å². The Hall–Kier alpha value is -1.46. The van der Waals surface area contributed by atoms with Gasteiger partial charge in [-0.15, -0.1) is 0 Å². The highest BCUT2D eigenvalue weighted by Crippen LogP contribution is 2.40. The van der Waals surface area contributed by atoms with Gasteiger partial charge < -0.3 is 18.6 Å². The Kier molecular flexibility index (Phi) is 7.10. The Balaban J connectivity index is 1.87. The third kappa shape index (κ3) is 4.74. The van der Waals surface area contributed by atoms with Gasteiger partial charge in [0.05, 0.1) is 7.11 Å². The summed E-state index contributed by atoms with van der Waals surface area (Å²) in [6.45, 7) is 7.32. The van der Waals surface area contributed by atoms with E-state index in [-0.39, 0.29) is 0 Å². The molecule has 0 atom stereocenters. The maximum atomic E-state index is 6.73. The third-order valence-electron chi connectivity index (χ3n) is 6.50. The molecule has 1 fully saturated rings. The first-order chi connectivity index (χ1) is 13.6. The second kappa shape index (κ2) is 9.36. The largest absolute Gasteiger partial charge is 0.543 e. The van der Waals surface area contributed by atoms with Crippen LogP contribution in [0.3, 0.4) is 0 Å². The maximum Gasteiger partial charge on any atom is 0.250 e. The van der Waals surface area contributed by atoms with E-state index in [0.717, 1.165) is 54.7 Å². The molecule has 0 unspecified atom stereocenters. The van der Waals surface area contributed by atoms with Gasteiger partial charge in [0.1, 0.15) is 23.9 Å². The van der Waals surface area contributed by atoms with E-state index in [0.29, 0.717) is 6.61 Å². The Morgan fingerprint density at radius 2 is 1.61 bits per heavy atom. The summed E-state index contributed by atoms with van der Waals surface area (Å²) in [6, 6.07) is 11.6. The molecule has 0 amide bonds. The van der Waals surface area contributed by atoms with Gasteiger partial charge in [-0.05, 0) is 48.7 Å². The standard InChI is InChI=1S/C23H36O4Si/c1-5-28(6-2,7-3)27-22-18-25-23(15-9-8-10-16-23)26-21(22)17-19-11-13-20(24-4)14-12-19/h11-14H,5-10,15-18H2,1-4H3. The van der Waals surface area contributed by atoms with Crippen LogP contribution in [0.2, 0.25) is 18.1 Å². The minimum Gasteiger partial charge on any atom is -0.543 e. The summed E-state index contributed by atoms with van der Waals surface area (Å²) in [6.07, 6.45) is 6.31. The number of hydrogen-bond donors (Lipinski definition) is 0. The van der Waals surface area contributed by atoms with Crippen molar-refractivity contribution in [1.82, 2.24) is 0 Å². The first kappa shape index (κ1) is 21.3. The fourth-order valence-corrected chi connectivity index (χ4v) is 6.93. The van der Waals surface area contributed by atoms with E-state index in [9.17, 15) is 0 Å². The van der Waals surface area contributed by atoms with Crippen LogP contribution >= 0.6 is 0 Å². The van der Waals surface area contributed by atoms with E-state index < -0.39 is 14.1 Å². The fourth-order valence-electron chi connectivity index (χ4n) is 4.30. The van der Waals surface area contributed by atoms with Crippen molar-refractivity contribution in [3.8, 4) is 5.75 Å². The lowest BCUT2D eigenvalue weighted by atomic mass is 9.93. The predicted molar refractivity (Wildman–Crippen MR) is 115 cm³/mol. The molecule has 1 aliphatic heterocycles. The summed E-state index contributed by atoms with van der Waals surface area (Å²) in [5, 5.41) is 0. The number of hydrogen-bond acceptors (Lipinski definition) is 4. The molecule has 1 spiro atoms. The molecule has 1 aliphatic carbocycles. The molecular weight excluding hydrogens is 368 g/mol. The van der Waals surface area contributed by atoms with Crippen molar-refractivity contribution >= 4 is 8.32 Å². The van der Waals surface area contributed by atoms with E-state index in [2.05, 4.69) is 32.9 Å². The second-order valence-corrected chi connectivity index (χ2v) is 12.8. The van der Waals surface area contributed by atoms with E-state index in [1.165, 1.54) is 24.8 Å². The molecule has 0 radical (unpaired) electrons. The van der Waals surface area contributed by atoms with Crippen LogP contribution < -0.4 is 4.74 Å². The minimum absolute atomic E-state index is 0.443. The lowest BCUT2D eigenvalue weighted by Gasteiger charge is -2.43. The smallest absolute Gasteiger partial charge is 0.250 e. The predicted octanol–water partition coefficient (Wildman–Crippen LogP) is 6.18. The first-order valence-electron chi connectivity index (χ1n) is 10.9. The highest BCUT2D eigenvalue weighted by Gasteiger charge is 2.42. The molecule has 0 aromatic heterocycles. The summed E-state index contributed by atoms with van der Waals surface area (Å²) < 4.78 is 24.9. The molecular formula is C23H36O4Si. The average molecular weight is 405 g/mol. The van der Waals surface area contributed by atoms with Gasteiger partial charge in [-0.1, -0.05) is 39.3 Å². The maximum absolute atomic E-state index is 6.73. The summed E-state index contributed by atoms with van der Waals surface area (Å²) >= 11 is 0. The molecule has 3 rings (SSSR count). The van der Waals surface area contributed by atoms with Crippen molar-refractivity contribution in [3.63, 3.8) is 0 Å². The van der Waals surface area contributed by atoms with Crippen LogP contribution in [-0.2, 0) is 20.3 Å². The molecule has 1 aromatic carbocycles. The van der Waals surface area contributed by atoms with E-state index in [4.69, 9.17) is 18.6 Å². The Morgan fingerprint density at radius 1 is 0.964 bits per heavy atom. The van der Waals surface area contributed by atoms with Gasteiger partial charge in [-0.2, -0.15) is 0 Å². The molecule has 2 aliphatic rings. The van der Waals surface area contributed by atoms with Crippen molar-refractivity contribution in [2.24, 2.45) is 0 Å². The number of ether oxygens (including phenoxy) is 3. The summed E-state index contributed by atoms with van der Waals surface area (Å²) in [5.41, 5.74) is 1.21. The summed E-state index contributed by atoms with van der Waals surface area (Å²) in [7, 11) is -0.0807. The first-order valence-corrected chi connectivity index (χ1v) is 13.5. The van der Waals surface area contributed by atoms with Crippen molar-refractivity contribution in [1.29, 1.82) is 0 Å². The van der Waals surface area contributed by atoms with Gasteiger partial charge in [-0.25, -0.2) is 0 Å². The summed E-state index contributed by atoms with van der Waals surface area (Å²) in [4.78, 5) is 0. The highest BCUT2D eigenvalue weighted by atomic mass is 28.4. The number of allylic oxidation sites excluding steroid dienone is 1. The van der Waals surface area contributed by atoms with E-state index in [1.54, 1.807) is 7.11 Å². The van der Waals surface area contributed by atoms with Crippen LogP contribution in [0, 0.1) is 0 Å². The lowest BCUT2D eigenvalue weighted by Crippen LogP contribution is -2.44. The molecule has 0 saturated heterocycles. The minimum atomic E-state index is -1.78. The van der Waals surface area contributed by atoms with Crippen LogP contribution in [0.1, 0.15) is 58.4 Å². The van der Waals surface area contributed by atoms with Crippen LogP contribution in [0.4, 0.5) is 0 Å². The lowest BCUT2D eigenvalue weighted by molar-refractivity contribution is -0.247. The molecule has 4 nitrogen and oxygen atoms in total. The average Bonchev–Trinajstić information content (AvgIpc) is 2.75. The van der Waals surface area contributed by atoms with Crippen molar-refractivity contribution in [2.75, 3.05) is 13.7 Å². The number of benzene rings is 1. The van der Waals surface area contributed by atoms with Crippen molar-refractivity contribution in [3.05, 3.63) is 41.3 Å². The zero-order chi connectivity index (χ0) is 20.0. The Bertz CT molecular complexity index is 649. The molecule has 1 aromatic rings. The normalized spacial score (nSPS) is 19.4. The van der Waals surface area contributed by atoms with Crippen LogP contribution in [0.5, 0.6) is 5.75 Å². The Labute approximate surface area is 171 Å². The van der Waals surface area contributed by atoms with Gasteiger partial charge in [-0.3, -0.25) is 0 Å². The van der Waals surface area contributed by atoms with E-state index in [1.807, 2.05) is 12.1 Å². The SMILES string of the molecule is CC[Si](CC)(CC)OC1=C(Cc2ccc(OC)cc2)OC2(CCCCC2)OC1. The van der Waals surface area contributed by atoms with Gasteiger partial charge in [0.15, 0.2) is 0 Å². The van der Waals surface area contributed by atoms with Crippen LogP contribution in [0.25, 0.3) is 0 Å². The van der Waals surface area contributed by atoms with Crippen LogP contribution in [-0.4, -0.2) is 27.8 Å². The van der Waals surface area contributed by atoms with Crippen LogP contribution in [0.15, 0.2) is 35.8 Å². The molecule has 0 bridgehead atoms. The zero-order valence-electron chi connectivity index (χ0n) is 18.0.